The van der Waals surface area contributed by atoms with Crippen molar-refractivity contribution in [3.05, 3.63) is 58.7 Å². The standard InChI is InChI=1S/C22H26FN3O/c1-13(25-15(3)27)10-16-4-5-17-11-21-20(14(2)22(16)17)12-24-26(21)19-8-6-18(23)7-9-19/h6-9,12-14,16H,4-5,10-11H2,1-3H3,(H,25,27)/t13?,14-,16+/m0/s1. The van der Waals surface area contributed by atoms with Crippen molar-refractivity contribution >= 4 is 5.91 Å². The van der Waals surface area contributed by atoms with Crippen LogP contribution < -0.4 is 5.32 Å². The van der Waals surface area contributed by atoms with Gasteiger partial charge in [-0.1, -0.05) is 18.1 Å². The number of aromatic nitrogens is 2. The lowest BCUT2D eigenvalue weighted by molar-refractivity contribution is -0.119. The fourth-order valence-corrected chi connectivity index (χ4v) is 4.96. The number of nitrogens with one attached hydrogen (secondary N) is 1. The molecule has 1 aromatic heterocycles. The van der Waals surface area contributed by atoms with Gasteiger partial charge in [0.2, 0.25) is 5.91 Å². The number of hydrogen-bond acceptors (Lipinski definition) is 2. The second-order valence-electron chi connectivity index (χ2n) is 7.97. The number of halogens is 1. The molecule has 0 bridgehead atoms. The van der Waals surface area contributed by atoms with Gasteiger partial charge in [0.25, 0.3) is 0 Å². The summed E-state index contributed by atoms with van der Waals surface area (Å²) in [7, 11) is 0. The maximum atomic E-state index is 13.3. The predicted octanol–water partition coefficient (Wildman–Crippen LogP) is 4.29. The molecule has 0 spiro atoms. The van der Waals surface area contributed by atoms with Gasteiger partial charge in [-0.3, -0.25) is 4.79 Å². The van der Waals surface area contributed by atoms with E-state index in [1.54, 1.807) is 24.6 Å². The lowest BCUT2D eigenvalue weighted by atomic mass is 9.78. The number of fused-ring (bicyclic) bond motifs is 1. The number of benzene rings is 1. The van der Waals surface area contributed by atoms with E-state index in [4.69, 9.17) is 0 Å². The first-order chi connectivity index (χ1) is 12.9. The van der Waals surface area contributed by atoms with E-state index < -0.39 is 0 Å². The predicted molar refractivity (Wildman–Crippen MR) is 103 cm³/mol. The van der Waals surface area contributed by atoms with Crippen LogP contribution >= 0.6 is 0 Å². The molecule has 2 aliphatic carbocycles. The summed E-state index contributed by atoms with van der Waals surface area (Å²) in [5.41, 5.74) is 6.49. The highest BCUT2D eigenvalue weighted by Crippen LogP contribution is 2.48. The monoisotopic (exact) mass is 367 g/mol. The molecule has 27 heavy (non-hydrogen) atoms. The van der Waals surface area contributed by atoms with Gasteiger partial charge in [-0.25, -0.2) is 9.07 Å². The van der Waals surface area contributed by atoms with Crippen molar-refractivity contribution in [1.82, 2.24) is 15.1 Å². The zero-order valence-corrected chi connectivity index (χ0v) is 16.1. The zero-order valence-electron chi connectivity index (χ0n) is 16.1. The van der Waals surface area contributed by atoms with Crippen LogP contribution in [0.4, 0.5) is 4.39 Å². The van der Waals surface area contributed by atoms with E-state index in [-0.39, 0.29) is 17.8 Å². The minimum atomic E-state index is -0.231. The number of nitrogens with zero attached hydrogens (tertiary/aromatic N) is 2. The molecule has 5 heteroatoms. The summed E-state index contributed by atoms with van der Waals surface area (Å²) in [6.07, 6.45) is 6.15. The Morgan fingerprint density at radius 3 is 2.81 bits per heavy atom. The third-order valence-corrected chi connectivity index (χ3v) is 6.02. The fraction of sp³-hybridized carbons (Fsp3) is 0.455. The molecule has 0 radical (unpaired) electrons. The Morgan fingerprint density at radius 1 is 1.37 bits per heavy atom. The van der Waals surface area contributed by atoms with Crippen LogP contribution in [0.25, 0.3) is 5.69 Å². The van der Waals surface area contributed by atoms with Crippen LogP contribution in [0.3, 0.4) is 0 Å². The number of carbonyl (C=O) groups is 1. The maximum Gasteiger partial charge on any atom is 0.217 e. The van der Waals surface area contributed by atoms with Crippen LogP contribution in [0, 0.1) is 11.7 Å². The number of hydrogen-bond donors (Lipinski definition) is 1. The van der Waals surface area contributed by atoms with Crippen LogP contribution in [0.5, 0.6) is 0 Å². The molecule has 1 amide bonds. The lowest BCUT2D eigenvalue weighted by Gasteiger charge is -2.28. The topological polar surface area (TPSA) is 46.9 Å². The van der Waals surface area contributed by atoms with Crippen molar-refractivity contribution < 1.29 is 9.18 Å². The van der Waals surface area contributed by atoms with Crippen LogP contribution in [-0.4, -0.2) is 21.7 Å². The Morgan fingerprint density at radius 2 is 2.11 bits per heavy atom. The molecule has 1 aromatic carbocycles. The Kier molecular flexibility index (Phi) is 4.62. The SMILES string of the molecule is CC(=O)NC(C)C[C@H]1CCC2=C1[C@@H](C)c1cnn(-c3ccc(F)cc3)c1C2. The van der Waals surface area contributed by atoms with Crippen molar-refractivity contribution in [3.8, 4) is 5.69 Å². The molecule has 3 atom stereocenters. The molecule has 2 aliphatic rings. The van der Waals surface area contributed by atoms with Gasteiger partial charge >= 0.3 is 0 Å². The largest absolute Gasteiger partial charge is 0.354 e. The van der Waals surface area contributed by atoms with Gasteiger partial charge in [-0.15, -0.1) is 0 Å². The zero-order chi connectivity index (χ0) is 19.1. The molecule has 0 saturated carbocycles. The van der Waals surface area contributed by atoms with Crippen LogP contribution in [0.2, 0.25) is 0 Å². The smallest absolute Gasteiger partial charge is 0.217 e. The number of rotatable bonds is 4. The first kappa shape index (κ1) is 18.0. The molecule has 0 fully saturated rings. The molecule has 4 rings (SSSR count). The molecule has 142 valence electrons. The molecular formula is C22H26FN3O. The molecule has 1 N–H and O–H groups in total. The van der Waals surface area contributed by atoms with Crippen LogP contribution in [0.15, 0.2) is 41.6 Å². The Labute approximate surface area is 159 Å². The van der Waals surface area contributed by atoms with Gasteiger partial charge in [0, 0.05) is 30.9 Å². The highest BCUT2D eigenvalue weighted by molar-refractivity contribution is 5.73. The molecule has 2 aromatic rings. The summed E-state index contributed by atoms with van der Waals surface area (Å²) in [5, 5.41) is 7.63. The minimum Gasteiger partial charge on any atom is -0.354 e. The number of carbonyl (C=O) groups excluding carboxylic acids is 1. The Bertz CT molecular complexity index is 897. The van der Waals surface area contributed by atoms with Crippen molar-refractivity contribution in [2.45, 2.75) is 58.4 Å². The molecule has 0 saturated heterocycles. The summed E-state index contributed by atoms with van der Waals surface area (Å²) < 4.78 is 15.2. The fourth-order valence-electron chi connectivity index (χ4n) is 4.96. The third-order valence-electron chi connectivity index (χ3n) is 6.02. The summed E-state index contributed by atoms with van der Waals surface area (Å²) >= 11 is 0. The molecule has 1 heterocycles. The molecule has 1 unspecified atom stereocenters. The van der Waals surface area contributed by atoms with E-state index >= 15 is 0 Å². The van der Waals surface area contributed by atoms with E-state index in [2.05, 4.69) is 24.3 Å². The average Bonchev–Trinajstić information content (AvgIpc) is 3.20. The Hall–Kier alpha value is -2.43. The number of amides is 1. The average molecular weight is 367 g/mol. The van der Waals surface area contributed by atoms with Gasteiger partial charge in [-0.05, 0) is 56.4 Å². The van der Waals surface area contributed by atoms with Crippen LogP contribution in [-0.2, 0) is 11.2 Å². The van der Waals surface area contributed by atoms with E-state index in [1.807, 2.05) is 10.9 Å². The van der Waals surface area contributed by atoms with Crippen molar-refractivity contribution in [3.63, 3.8) is 0 Å². The number of allylic oxidation sites excluding steroid dienone is 2. The third kappa shape index (κ3) is 3.31. The first-order valence-corrected chi connectivity index (χ1v) is 9.75. The second-order valence-corrected chi connectivity index (χ2v) is 7.97. The van der Waals surface area contributed by atoms with Gasteiger partial charge in [0.15, 0.2) is 0 Å². The minimum absolute atomic E-state index is 0.0363. The summed E-state index contributed by atoms with van der Waals surface area (Å²) in [5.74, 6) is 0.675. The molecular weight excluding hydrogens is 341 g/mol. The Balaban J connectivity index is 1.60. The lowest BCUT2D eigenvalue weighted by Crippen LogP contribution is -2.32. The van der Waals surface area contributed by atoms with E-state index in [9.17, 15) is 9.18 Å². The summed E-state index contributed by atoms with van der Waals surface area (Å²) in [6, 6.07) is 6.72. The summed E-state index contributed by atoms with van der Waals surface area (Å²) in [6.45, 7) is 5.94. The van der Waals surface area contributed by atoms with E-state index in [0.717, 1.165) is 31.4 Å². The highest BCUT2D eigenvalue weighted by Gasteiger charge is 2.36. The van der Waals surface area contributed by atoms with Gasteiger partial charge in [0.05, 0.1) is 17.6 Å². The van der Waals surface area contributed by atoms with Gasteiger partial charge < -0.3 is 5.32 Å². The van der Waals surface area contributed by atoms with Crippen molar-refractivity contribution in [2.24, 2.45) is 5.92 Å². The first-order valence-electron chi connectivity index (χ1n) is 9.75. The molecule has 0 aliphatic heterocycles. The van der Waals surface area contributed by atoms with Crippen LogP contribution in [0.1, 0.15) is 57.2 Å². The van der Waals surface area contributed by atoms with Crippen molar-refractivity contribution in [2.75, 3.05) is 0 Å². The second kappa shape index (κ2) is 6.95. The van der Waals surface area contributed by atoms with E-state index in [1.165, 1.54) is 29.0 Å². The van der Waals surface area contributed by atoms with Crippen molar-refractivity contribution in [1.29, 1.82) is 0 Å². The highest BCUT2D eigenvalue weighted by atomic mass is 19.1. The molecule has 4 nitrogen and oxygen atoms in total. The quantitative estimate of drug-likeness (QED) is 0.820. The maximum absolute atomic E-state index is 13.3. The van der Waals surface area contributed by atoms with Gasteiger partial charge in [-0.2, -0.15) is 5.10 Å². The van der Waals surface area contributed by atoms with Gasteiger partial charge in [0.1, 0.15) is 5.82 Å². The summed E-state index contributed by atoms with van der Waals surface area (Å²) in [4.78, 5) is 11.3. The van der Waals surface area contributed by atoms with E-state index in [0.29, 0.717) is 11.8 Å². The normalized spacial score (nSPS) is 22.4.